The second-order valence-corrected chi connectivity index (χ2v) is 8.98. The molecule has 0 spiro atoms. The minimum Gasteiger partial charge on any atom is -0.357 e. The van der Waals surface area contributed by atoms with Crippen LogP contribution in [0.25, 0.3) is 12.2 Å². The molecule has 2 aromatic rings. The Balaban J connectivity index is 0.000000581. The Hall–Kier alpha value is -2.06. The summed E-state index contributed by atoms with van der Waals surface area (Å²) in [6, 6.07) is 3.69. The quantitative estimate of drug-likeness (QED) is 0.265. The van der Waals surface area contributed by atoms with Crippen LogP contribution in [0.5, 0.6) is 0 Å². The highest BCUT2D eigenvalue weighted by atomic mass is 31.1. The van der Waals surface area contributed by atoms with Crippen molar-refractivity contribution in [3.8, 4) is 0 Å². The van der Waals surface area contributed by atoms with Crippen molar-refractivity contribution in [1.29, 1.82) is 0 Å². The Morgan fingerprint density at radius 3 is 2.18 bits per heavy atom. The molecule has 2 aromatic heterocycles. The second-order valence-electron chi connectivity index (χ2n) is 8.09. The van der Waals surface area contributed by atoms with Crippen molar-refractivity contribution < 1.29 is 18.8 Å². The van der Waals surface area contributed by atoms with Gasteiger partial charge in [-0.3, -0.25) is 0 Å². The van der Waals surface area contributed by atoms with Crippen LogP contribution in [0.3, 0.4) is 0 Å². The van der Waals surface area contributed by atoms with Gasteiger partial charge >= 0.3 is 0 Å². The normalized spacial score (nSPS) is 14.3. The van der Waals surface area contributed by atoms with Gasteiger partial charge < -0.3 is 28.6 Å². The van der Waals surface area contributed by atoms with Gasteiger partial charge in [0.15, 0.2) is 29.7 Å². The fourth-order valence-corrected chi connectivity index (χ4v) is 3.29. The van der Waals surface area contributed by atoms with Crippen LogP contribution in [0, 0.1) is 0 Å². The minimum atomic E-state index is -0.463. The van der Waals surface area contributed by atoms with E-state index in [1.165, 1.54) is 19.3 Å². The van der Waals surface area contributed by atoms with Crippen LogP contribution in [0.1, 0.15) is 65.0 Å². The summed E-state index contributed by atoms with van der Waals surface area (Å²) in [7, 11) is 1.00. The van der Waals surface area contributed by atoms with Crippen molar-refractivity contribution in [2.45, 2.75) is 59.5 Å². The number of unbranched alkanes of at least 4 members (excludes halogenated alkanes) is 1. The molecule has 0 saturated carbocycles. The highest BCUT2D eigenvalue weighted by molar-refractivity contribution is 7.25. The Morgan fingerprint density at radius 2 is 1.63 bits per heavy atom. The first-order chi connectivity index (χ1) is 18.4. The third kappa shape index (κ3) is 16.0. The molecule has 1 aliphatic rings. The molecule has 1 aliphatic heterocycles. The Labute approximate surface area is 232 Å². The molecule has 3 unspecified atom stereocenters. The van der Waals surface area contributed by atoms with E-state index in [1.54, 1.807) is 24.5 Å². The first-order valence-corrected chi connectivity index (χ1v) is 14.6. The molecule has 0 radical (unpaired) electrons. The van der Waals surface area contributed by atoms with Crippen LogP contribution in [-0.2, 0) is 9.05 Å². The van der Waals surface area contributed by atoms with Crippen LogP contribution in [0.15, 0.2) is 37.7 Å². The summed E-state index contributed by atoms with van der Waals surface area (Å²) in [6.07, 6.45) is 11.5. The monoisotopic (exact) mass is 568 g/mol. The Morgan fingerprint density at radius 1 is 1.03 bits per heavy atom. The highest BCUT2D eigenvalue weighted by Crippen LogP contribution is 2.23. The SMILES string of the molecule is C=Cc1nccc(N(C)CCOPO)n1.C=Cc1nccc(N2CCC(OPO)C2)n1.CCC.CCCC. The maximum atomic E-state index is 8.71. The molecule has 214 valence electrons. The summed E-state index contributed by atoms with van der Waals surface area (Å²) in [6.45, 7) is 18.7. The van der Waals surface area contributed by atoms with Crippen molar-refractivity contribution in [2.75, 3.05) is 43.1 Å². The zero-order valence-electron chi connectivity index (χ0n) is 23.5. The van der Waals surface area contributed by atoms with Crippen LogP contribution in [0.2, 0.25) is 0 Å². The number of aromatic nitrogens is 4. The van der Waals surface area contributed by atoms with E-state index in [1.807, 2.05) is 24.1 Å². The maximum Gasteiger partial charge on any atom is 0.153 e. The first kappa shape index (κ1) is 35.9. The molecule has 3 heterocycles. The van der Waals surface area contributed by atoms with Gasteiger partial charge in [-0.2, -0.15) is 0 Å². The maximum absolute atomic E-state index is 8.71. The van der Waals surface area contributed by atoms with E-state index < -0.39 is 18.1 Å². The number of anilines is 2. The van der Waals surface area contributed by atoms with Crippen molar-refractivity contribution in [2.24, 2.45) is 0 Å². The van der Waals surface area contributed by atoms with E-state index in [2.05, 4.69) is 65.7 Å². The lowest BCUT2D eigenvalue weighted by atomic mass is 10.3. The predicted octanol–water partition coefficient (Wildman–Crippen LogP) is 5.51. The zero-order valence-corrected chi connectivity index (χ0v) is 25.5. The topological polar surface area (TPSA) is 117 Å². The smallest absolute Gasteiger partial charge is 0.153 e. The molecule has 38 heavy (non-hydrogen) atoms. The molecule has 3 atom stereocenters. The standard InChI is InChI=1S/C10H14N3O2P.C9H14N3O2P.C4H10.C3H8/c1-2-9-11-5-3-10(12-9)13-6-4-8(7-13)15-16-14;1-3-8-10-5-4-9(11-8)12(2)6-7-14-15-13;1-3-4-2;1-3-2/h2-3,5,8,14,16H,1,4,6-7H2;3-5,13,15H,1,6-7H2,2H3;3-4H2,1-2H3;3H2,1-2H3. The highest BCUT2D eigenvalue weighted by Gasteiger charge is 2.24. The number of rotatable bonds is 11. The predicted molar refractivity (Wildman–Crippen MR) is 163 cm³/mol. The molecule has 1 fully saturated rings. The summed E-state index contributed by atoms with van der Waals surface area (Å²) in [5, 5.41) is 0. The van der Waals surface area contributed by atoms with E-state index in [4.69, 9.17) is 18.8 Å². The number of likely N-dealkylation sites (N-methyl/N-ethyl adjacent to an activating group) is 1. The van der Waals surface area contributed by atoms with Gasteiger partial charge in [-0.1, -0.05) is 60.1 Å². The molecule has 3 rings (SSSR count). The number of hydrogen-bond acceptors (Lipinski definition) is 10. The van der Waals surface area contributed by atoms with E-state index in [9.17, 15) is 0 Å². The van der Waals surface area contributed by atoms with Crippen molar-refractivity contribution in [3.05, 3.63) is 49.3 Å². The zero-order chi connectivity index (χ0) is 28.6. The van der Waals surface area contributed by atoms with Crippen molar-refractivity contribution in [1.82, 2.24) is 19.9 Å². The molecule has 12 heteroatoms. The lowest BCUT2D eigenvalue weighted by Crippen LogP contribution is -2.22. The van der Waals surface area contributed by atoms with Crippen LogP contribution in [-0.4, -0.2) is 69.1 Å². The molecule has 0 aliphatic carbocycles. The lowest BCUT2D eigenvalue weighted by molar-refractivity contribution is 0.236. The number of nitrogens with zero attached hydrogens (tertiary/aromatic N) is 6. The second kappa shape index (κ2) is 24.0. The van der Waals surface area contributed by atoms with Gasteiger partial charge in [-0.25, -0.2) is 19.9 Å². The van der Waals surface area contributed by atoms with Crippen molar-refractivity contribution >= 4 is 41.9 Å². The van der Waals surface area contributed by atoms with E-state index in [0.717, 1.165) is 31.1 Å². The fraction of sp³-hybridized carbons (Fsp3) is 0.538. The molecule has 1 saturated heterocycles. The van der Waals surface area contributed by atoms with Crippen LogP contribution >= 0.6 is 18.1 Å². The first-order valence-electron chi connectivity index (χ1n) is 12.9. The van der Waals surface area contributed by atoms with E-state index in [0.29, 0.717) is 24.8 Å². The average Bonchev–Trinajstić information content (AvgIpc) is 3.43. The summed E-state index contributed by atoms with van der Waals surface area (Å²) in [4.78, 5) is 37.9. The van der Waals surface area contributed by atoms with Crippen LogP contribution < -0.4 is 9.80 Å². The average molecular weight is 569 g/mol. The van der Waals surface area contributed by atoms with Crippen molar-refractivity contribution in [3.63, 3.8) is 0 Å². The molecular formula is C26H46N6O4P2. The molecule has 0 aromatic carbocycles. The van der Waals surface area contributed by atoms with Gasteiger partial charge in [0.25, 0.3) is 0 Å². The van der Waals surface area contributed by atoms with Gasteiger partial charge in [-0.15, -0.1) is 0 Å². The van der Waals surface area contributed by atoms with E-state index >= 15 is 0 Å². The third-order valence-corrected chi connectivity index (χ3v) is 5.63. The molecule has 0 bridgehead atoms. The Kier molecular flexibility index (Phi) is 22.7. The summed E-state index contributed by atoms with van der Waals surface area (Å²) in [5.74, 6) is 2.93. The Bertz CT molecular complexity index is 879. The molecular weight excluding hydrogens is 522 g/mol. The van der Waals surface area contributed by atoms with Gasteiger partial charge in [0.05, 0.1) is 12.7 Å². The number of hydrogen-bond donors (Lipinski definition) is 2. The summed E-state index contributed by atoms with van der Waals surface area (Å²) < 4.78 is 10.0. The third-order valence-electron chi connectivity index (χ3n) is 4.86. The minimum absolute atomic E-state index is 0.102. The van der Waals surface area contributed by atoms with Gasteiger partial charge in [0.1, 0.15) is 11.6 Å². The van der Waals surface area contributed by atoms with E-state index in [-0.39, 0.29) is 6.10 Å². The van der Waals surface area contributed by atoms with Crippen LogP contribution in [0.4, 0.5) is 11.6 Å². The van der Waals surface area contributed by atoms with Gasteiger partial charge in [0.2, 0.25) is 0 Å². The summed E-state index contributed by atoms with van der Waals surface area (Å²) in [5.41, 5.74) is 0. The lowest BCUT2D eigenvalue weighted by Gasteiger charge is -2.17. The molecule has 2 N–H and O–H groups in total. The summed E-state index contributed by atoms with van der Waals surface area (Å²) >= 11 is 0. The molecule has 10 nitrogen and oxygen atoms in total. The van der Waals surface area contributed by atoms with Gasteiger partial charge in [0, 0.05) is 39.1 Å². The fourth-order valence-electron chi connectivity index (χ4n) is 2.76. The van der Waals surface area contributed by atoms with Gasteiger partial charge in [-0.05, 0) is 30.7 Å². The molecule has 0 amide bonds. The largest absolute Gasteiger partial charge is 0.357 e.